The molecule has 4 heteroatoms. The van der Waals surface area contributed by atoms with Crippen molar-refractivity contribution in [3.63, 3.8) is 0 Å². The van der Waals surface area contributed by atoms with Gasteiger partial charge in [0.25, 0.3) is 0 Å². The Morgan fingerprint density at radius 1 is 1.33 bits per heavy atom. The molecule has 12 heavy (non-hydrogen) atoms. The molecule has 2 N–H and O–H groups in total. The molecule has 0 unspecified atom stereocenters. The van der Waals surface area contributed by atoms with Gasteiger partial charge in [0.05, 0.1) is 0 Å². The van der Waals surface area contributed by atoms with Crippen molar-refractivity contribution in [3.05, 3.63) is 0 Å². The molecular formula is C8H16O3S. The molecule has 0 aliphatic heterocycles. The van der Waals surface area contributed by atoms with Gasteiger partial charge in [0, 0.05) is 6.42 Å². The summed E-state index contributed by atoms with van der Waals surface area (Å²) in [6.07, 6.45) is 3.78. The molecule has 0 aliphatic carbocycles. The summed E-state index contributed by atoms with van der Waals surface area (Å²) in [7, 11) is 0. The second kappa shape index (κ2) is 5.56. The molecule has 0 fully saturated rings. The number of carbonyl (C=O) groups is 1. The molecule has 0 aromatic rings. The Labute approximate surface area is 78.2 Å². The van der Waals surface area contributed by atoms with Crippen LogP contribution in [0.3, 0.4) is 0 Å². The number of aliphatic hydroxyl groups is 2. The number of carbonyl (C=O) groups excluding carboxylic acids is 1. The Hall–Kier alpha value is -0.0600. The summed E-state index contributed by atoms with van der Waals surface area (Å²) < 4.78 is 0. The normalized spacial score (nSPS) is 11.7. The van der Waals surface area contributed by atoms with Gasteiger partial charge in [-0.2, -0.15) is 0 Å². The second-order valence-electron chi connectivity index (χ2n) is 2.93. The van der Waals surface area contributed by atoms with E-state index in [0.29, 0.717) is 6.42 Å². The number of rotatable bonds is 6. The third kappa shape index (κ3) is 4.74. The molecule has 0 bridgehead atoms. The van der Waals surface area contributed by atoms with Crippen LogP contribution >= 0.6 is 12.6 Å². The molecule has 0 amide bonds. The van der Waals surface area contributed by atoms with Gasteiger partial charge in [0.15, 0.2) is 0 Å². The van der Waals surface area contributed by atoms with Crippen LogP contribution < -0.4 is 0 Å². The number of hydrogen-bond acceptors (Lipinski definition) is 3. The van der Waals surface area contributed by atoms with Crippen molar-refractivity contribution < 1.29 is 15.0 Å². The van der Waals surface area contributed by atoms with Crippen LogP contribution in [0, 0.1) is 0 Å². The largest absolute Gasteiger partial charge is 0.359 e. The number of thiol groups is 1. The van der Waals surface area contributed by atoms with Crippen LogP contribution in [0.15, 0.2) is 0 Å². The van der Waals surface area contributed by atoms with E-state index < -0.39 is 10.9 Å². The zero-order chi connectivity index (χ0) is 9.61. The molecule has 0 saturated heterocycles. The van der Waals surface area contributed by atoms with Crippen LogP contribution in [0.5, 0.6) is 0 Å². The smallest absolute Gasteiger partial charge is 0.244 e. The van der Waals surface area contributed by atoms with E-state index >= 15 is 0 Å². The summed E-state index contributed by atoms with van der Waals surface area (Å²) in [4.78, 5) is 10.5. The maximum atomic E-state index is 10.5. The zero-order valence-corrected chi connectivity index (χ0v) is 8.18. The lowest BCUT2D eigenvalue weighted by Crippen LogP contribution is -2.34. The lowest BCUT2D eigenvalue weighted by molar-refractivity contribution is -0.175. The molecular weight excluding hydrogens is 176 g/mol. The standard InChI is InChI=1S/C8H16O3S/c1-2-3-4-5-6-8(10,11)7(9)12/h10-11H,2-6H2,1H3,(H,9,12). The lowest BCUT2D eigenvalue weighted by atomic mass is 10.1. The average molecular weight is 192 g/mol. The highest BCUT2D eigenvalue weighted by molar-refractivity contribution is 7.96. The summed E-state index contributed by atoms with van der Waals surface area (Å²) in [5, 5.41) is 17.2. The lowest BCUT2D eigenvalue weighted by Gasteiger charge is -2.16. The van der Waals surface area contributed by atoms with Crippen LogP contribution in [0.4, 0.5) is 0 Å². The summed E-state index contributed by atoms with van der Waals surface area (Å²) >= 11 is 3.36. The van der Waals surface area contributed by atoms with Gasteiger partial charge in [-0.1, -0.05) is 38.8 Å². The summed E-state index contributed by atoms with van der Waals surface area (Å²) in [6.45, 7) is 2.06. The maximum absolute atomic E-state index is 10.5. The van der Waals surface area contributed by atoms with E-state index in [0.717, 1.165) is 19.3 Å². The fraction of sp³-hybridized carbons (Fsp3) is 0.875. The minimum atomic E-state index is -2.23. The molecule has 3 nitrogen and oxygen atoms in total. The average Bonchev–Trinajstić information content (AvgIpc) is 1.98. The van der Waals surface area contributed by atoms with Crippen molar-refractivity contribution in [2.45, 2.75) is 44.8 Å². The fourth-order valence-electron chi connectivity index (χ4n) is 0.905. The zero-order valence-electron chi connectivity index (χ0n) is 7.29. The first-order chi connectivity index (χ1) is 5.50. The van der Waals surface area contributed by atoms with Crippen LogP contribution in [0.1, 0.15) is 39.0 Å². The van der Waals surface area contributed by atoms with Crippen molar-refractivity contribution in [1.29, 1.82) is 0 Å². The molecule has 0 spiro atoms. The quantitative estimate of drug-likeness (QED) is 0.335. The molecule has 0 rings (SSSR count). The second-order valence-corrected chi connectivity index (χ2v) is 3.34. The maximum Gasteiger partial charge on any atom is 0.244 e. The first-order valence-electron chi connectivity index (χ1n) is 4.19. The van der Waals surface area contributed by atoms with E-state index in [9.17, 15) is 4.79 Å². The molecule has 0 saturated carbocycles. The Bertz CT molecular complexity index is 145. The van der Waals surface area contributed by atoms with Gasteiger partial charge < -0.3 is 10.2 Å². The Morgan fingerprint density at radius 2 is 1.92 bits per heavy atom. The van der Waals surface area contributed by atoms with E-state index in [1.54, 1.807) is 0 Å². The Morgan fingerprint density at radius 3 is 2.33 bits per heavy atom. The van der Waals surface area contributed by atoms with Crippen LogP contribution in [0.2, 0.25) is 0 Å². The van der Waals surface area contributed by atoms with Gasteiger partial charge in [-0.05, 0) is 6.42 Å². The predicted octanol–water partition coefficient (Wildman–Crippen LogP) is 1.09. The SMILES string of the molecule is CCCCCCC(O)(O)C(=O)S. The van der Waals surface area contributed by atoms with Gasteiger partial charge >= 0.3 is 0 Å². The summed E-state index contributed by atoms with van der Waals surface area (Å²) in [6, 6.07) is 0. The molecule has 72 valence electrons. The Balaban J connectivity index is 3.54. The fourth-order valence-corrected chi connectivity index (χ4v) is 1.02. The summed E-state index contributed by atoms with van der Waals surface area (Å²) in [5.41, 5.74) is 0. The van der Waals surface area contributed by atoms with Crippen LogP contribution in [-0.2, 0) is 4.79 Å². The monoisotopic (exact) mass is 192 g/mol. The van der Waals surface area contributed by atoms with E-state index in [-0.39, 0.29) is 6.42 Å². The van der Waals surface area contributed by atoms with Gasteiger partial charge in [-0.25, -0.2) is 0 Å². The number of unbranched alkanes of at least 4 members (excludes halogenated alkanes) is 3. The molecule has 0 radical (unpaired) electrons. The van der Waals surface area contributed by atoms with Crippen LogP contribution in [0.25, 0.3) is 0 Å². The van der Waals surface area contributed by atoms with Crippen molar-refractivity contribution in [2.75, 3.05) is 0 Å². The van der Waals surface area contributed by atoms with Crippen molar-refractivity contribution in [3.8, 4) is 0 Å². The molecule has 0 aromatic carbocycles. The predicted molar refractivity (Wildman–Crippen MR) is 49.9 cm³/mol. The van der Waals surface area contributed by atoms with Crippen molar-refractivity contribution >= 4 is 17.7 Å². The molecule has 0 atom stereocenters. The topological polar surface area (TPSA) is 57.5 Å². The highest BCUT2D eigenvalue weighted by atomic mass is 32.1. The minimum Gasteiger partial charge on any atom is -0.359 e. The summed E-state index contributed by atoms with van der Waals surface area (Å²) in [5.74, 6) is -2.23. The van der Waals surface area contributed by atoms with Crippen molar-refractivity contribution in [1.82, 2.24) is 0 Å². The third-order valence-corrected chi connectivity index (χ3v) is 2.08. The highest BCUT2D eigenvalue weighted by Crippen LogP contribution is 2.15. The van der Waals surface area contributed by atoms with E-state index in [1.807, 2.05) is 0 Å². The van der Waals surface area contributed by atoms with Crippen molar-refractivity contribution in [2.24, 2.45) is 0 Å². The molecule has 0 aliphatic rings. The minimum absolute atomic E-state index is 0.0787. The van der Waals surface area contributed by atoms with Gasteiger partial charge in [0.2, 0.25) is 10.9 Å². The first kappa shape index (κ1) is 11.9. The van der Waals surface area contributed by atoms with E-state index in [4.69, 9.17) is 10.2 Å². The molecule has 0 heterocycles. The third-order valence-electron chi connectivity index (χ3n) is 1.72. The van der Waals surface area contributed by atoms with Crippen LogP contribution in [-0.4, -0.2) is 21.1 Å². The number of hydrogen-bond donors (Lipinski definition) is 3. The van der Waals surface area contributed by atoms with E-state index in [1.165, 1.54) is 0 Å². The van der Waals surface area contributed by atoms with E-state index in [2.05, 4.69) is 19.6 Å². The van der Waals surface area contributed by atoms with Gasteiger partial charge in [-0.3, -0.25) is 4.79 Å². The van der Waals surface area contributed by atoms with Gasteiger partial charge in [-0.15, -0.1) is 0 Å². The highest BCUT2D eigenvalue weighted by Gasteiger charge is 2.29. The van der Waals surface area contributed by atoms with Gasteiger partial charge in [0.1, 0.15) is 0 Å². The molecule has 0 aromatic heterocycles. The Kier molecular flexibility index (Phi) is 5.53. The first-order valence-corrected chi connectivity index (χ1v) is 4.63.